The predicted molar refractivity (Wildman–Crippen MR) is 92.1 cm³/mol. The number of likely N-dealkylation sites (tertiary alicyclic amines) is 1. The van der Waals surface area contributed by atoms with Crippen LogP contribution >= 0.6 is 0 Å². The molecule has 0 aromatic heterocycles. The van der Waals surface area contributed by atoms with Crippen LogP contribution in [0.15, 0.2) is 12.1 Å². The molecular weight excluding hydrogens is 272 g/mol. The zero-order chi connectivity index (χ0) is 16.1. The van der Waals surface area contributed by atoms with Crippen LogP contribution in [0, 0.1) is 20.8 Å². The highest BCUT2D eigenvalue weighted by atomic mass is 16.2. The Morgan fingerprint density at radius 3 is 2.14 bits per heavy atom. The Balaban J connectivity index is 2.13. The lowest BCUT2D eigenvalue weighted by Crippen LogP contribution is -2.34. The van der Waals surface area contributed by atoms with Crippen LogP contribution in [0.25, 0.3) is 0 Å². The number of aryl methyl sites for hydroxylation is 3. The molecular formula is C19H30N2O. The molecule has 0 aliphatic carbocycles. The van der Waals surface area contributed by atoms with Crippen LogP contribution in [0.2, 0.25) is 0 Å². The first kappa shape index (κ1) is 17.0. The van der Waals surface area contributed by atoms with E-state index in [0.29, 0.717) is 13.0 Å². The molecule has 2 N–H and O–H groups in total. The first-order valence-electron chi connectivity index (χ1n) is 8.58. The summed E-state index contributed by atoms with van der Waals surface area (Å²) in [6, 6.07) is 4.39. The number of rotatable bonds is 4. The molecule has 1 saturated heterocycles. The lowest BCUT2D eigenvalue weighted by atomic mass is 9.87. The number of hydrogen-bond donors (Lipinski definition) is 1. The summed E-state index contributed by atoms with van der Waals surface area (Å²) >= 11 is 0. The van der Waals surface area contributed by atoms with E-state index in [1.165, 1.54) is 35.1 Å². The van der Waals surface area contributed by atoms with Gasteiger partial charge in [-0.15, -0.1) is 0 Å². The van der Waals surface area contributed by atoms with Gasteiger partial charge >= 0.3 is 0 Å². The second-order valence-corrected chi connectivity index (χ2v) is 6.74. The summed E-state index contributed by atoms with van der Waals surface area (Å²) in [5.74, 6) is 0.410. The van der Waals surface area contributed by atoms with E-state index >= 15 is 0 Å². The van der Waals surface area contributed by atoms with Crippen molar-refractivity contribution >= 4 is 5.91 Å². The van der Waals surface area contributed by atoms with Crippen LogP contribution in [-0.2, 0) is 4.79 Å². The van der Waals surface area contributed by atoms with Gasteiger partial charge < -0.3 is 10.6 Å². The number of nitrogens with two attached hydrogens (primary N) is 1. The third-order valence-corrected chi connectivity index (χ3v) is 4.81. The maximum absolute atomic E-state index is 12.7. The standard InChI is InChI=1S/C19H30N2O/c1-14-10-15(2)19(16(3)11-14)17(13-20)12-18(22)21-8-6-4-5-7-9-21/h10-11,17H,4-9,12-13,20H2,1-3H3. The lowest BCUT2D eigenvalue weighted by molar-refractivity contribution is -0.131. The Bertz CT molecular complexity index is 493. The summed E-state index contributed by atoms with van der Waals surface area (Å²) in [4.78, 5) is 14.7. The maximum Gasteiger partial charge on any atom is 0.223 e. The van der Waals surface area contributed by atoms with Crippen LogP contribution in [0.1, 0.15) is 60.3 Å². The molecule has 1 amide bonds. The molecule has 1 aliphatic heterocycles. The predicted octanol–water partition coefficient (Wildman–Crippen LogP) is 3.45. The van der Waals surface area contributed by atoms with Crippen molar-refractivity contribution in [1.82, 2.24) is 4.90 Å². The van der Waals surface area contributed by atoms with Crippen LogP contribution in [-0.4, -0.2) is 30.4 Å². The van der Waals surface area contributed by atoms with E-state index in [-0.39, 0.29) is 11.8 Å². The largest absolute Gasteiger partial charge is 0.343 e. The topological polar surface area (TPSA) is 46.3 Å². The molecule has 0 radical (unpaired) electrons. The van der Waals surface area contributed by atoms with Gasteiger partial charge in [-0.25, -0.2) is 0 Å². The Hall–Kier alpha value is -1.35. The molecule has 1 aromatic rings. The molecule has 3 nitrogen and oxygen atoms in total. The minimum atomic E-state index is 0.136. The van der Waals surface area contributed by atoms with E-state index in [1.54, 1.807) is 0 Å². The van der Waals surface area contributed by atoms with E-state index in [1.807, 2.05) is 0 Å². The van der Waals surface area contributed by atoms with Gasteiger partial charge in [0.2, 0.25) is 5.91 Å². The van der Waals surface area contributed by atoms with Gasteiger partial charge in [0.15, 0.2) is 0 Å². The smallest absolute Gasteiger partial charge is 0.223 e. The van der Waals surface area contributed by atoms with E-state index in [4.69, 9.17) is 5.73 Å². The van der Waals surface area contributed by atoms with Gasteiger partial charge in [-0.2, -0.15) is 0 Å². The number of carbonyl (C=O) groups is 1. The van der Waals surface area contributed by atoms with Crippen molar-refractivity contribution in [3.8, 4) is 0 Å². The average Bonchev–Trinajstić information content (AvgIpc) is 2.74. The van der Waals surface area contributed by atoms with Crippen molar-refractivity contribution in [3.05, 3.63) is 34.4 Å². The molecule has 1 fully saturated rings. The molecule has 1 atom stereocenters. The molecule has 1 aromatic carbocycles. The fourth-order valence-corrected chi connectivity index (χ4v) is 3.80. The zero-order valence-corrected chi connectivity index (χ0v) is 14.3. The van der Waals surface area contributed by atoms with Crippen molar-refractivity contribution < 1.29 is 4.79 Å². The quantitative estimate of drug-likeness (QED) is 0.926. The Morgan fingerprint density at radius 2 is 1.64 bits per heavy atom. The van der Waals surface area contributed by atoms with E-state index in [0.717, 1.165) is 25.9 Å². The number of amides is 1. The zero-order valence-electron chi connectivity index (χ0n) is 14.3. The number of hydrogen-bond acceptors (Lipinski definition) is 2. The Morgan fingerprint density at radius 1 is 1.09 bits per heavy atom. The van der Waals surface area contributed by atoms with Crippen molar-refractivity contribution in [2.75, 3.05) is 19.6 Å². The molecule has 1 aliphatic rings. The third-order valence-electron chi connectivity index (χ3n) is 4.81. The minimum Gasteiger partial charge on any atom is -0.343 e. The molecule has 0 saturated carbocycles. The van der Waals surface area contributed by atoms with Gasteiger partial charge in [0.1, 0.15) is 0 Å². The molecule has 0 bridgehead atoms. The van der Waals surface area contributed by atoms with Crippen LogP contribution < -0.4 is 5.73 Å². The third kappa shape index (κ3) is 4.10. The van der Waals surface area contributed by atoms with Crippen LogP contribution in [0.5, 0.6) is 0 Å². The Labute approximate surface area is 134 Å². The van der Waals surface area contributed by atoms with E-state index in [9.17, 15) is 4.79 Å². The second-order valence-electron chi connectivity index (χ2n) is 6.74. The number of benzene rings is 1. The number of nitrogens with zero attached hydrogens (tertiary/aromatic N) is 1. The monoisotopic (exact) mass is 302 g/mol. The molecule has 0 spiro atoms. The highest BCUT2D eigenvalue weighted by Crippen LogP contribution is 2.28. The molecule has 3 heteroatoms. The van der Waals surface area contributed by atoms with Gasteiger partial charge in [-0.3, -0.25) is 4.79 Å². The van der Waals surface area contributed by atoms with Crippen LogP contribution in [0.4, 0.5) is 0 Å². The normalized spacial score (nSPS) is 17.2. The fourth-order valence-electron chi connectivity index (χ4n) is 3.80. The summed E-state index contributed by atoms with van der Waals surface area (Å²) in [7, 11) is 0. The molecule has 1 unspecified atom stereocenters. The van der Waals surface area contributed by atoms with Crippen molar-refractivity contribution in [3.63, 3.8) is 0 Å². The maximum atomic E-state index is 12.7. The Kier molecular flexibility index (Phi) is 6.01. The first-order valence-corrected chi connectivity index (χ1v) is 8.58. The summed E-state index contributed by atoms with van der Waals surface area (Å²) < 4.78 is 0. The molecule has 2 rings (SSSR count). The lowest BCUT2D eigenvalue weighted by Gasteiger charge is -2.25. The molecule has 122 valence electrons. The fraction of sp³-hybridized carbons (Fsp3) is 0.632. The summed E-state index contributed by atoms with van der Waals surface area (Å²) in [6.07, 6.45) is 5.32. The minimum absolute atomic E-state index is 0.136. The summed E-state index contributed by atoms with van der Waals surface area (Å²) in [6.45, 7) is 8.75. The highest BCUT2D eigenvalue weighted by molar-refractivity contribution is 5.77. The molecule has 22 heavy (non-hydrogen) atoms. The first-order chi connectivity index (χ1) is 10.5. The van der Waals surface area contributed by atoms with Gasteiger partial charge in [-0.1, -0.05) is 30.5 Å². The molecule has 1 heterocycles. The highest BCUT2D eigenvalue weighted by Gasteiger charge is 2.22. The van der Waals surface area contributed by atoms with Gasteiger partial charge in [0, 0.05) is 25.4 Å². The van der Waals surface area contributed by atoms with Crippen molar-refractivity contribution in [2.45, 2.75) is 58.8 Å². The van der Waals surface area contributed by atoms with Gasteiger partial charge in [-0.05, 0) is 56.8 Å². The summed E-state index contributed by atoms with van der Waals surface area (Å²) in [5.41, 5.74) is 11.1. The summed E-state index contributed by atoms with van der Waals surface area (Å²) in [5, 5.41) is 0. The second kappa shape index (κ2) is 7.77. The van der Waals surface area contributed by atoms with Crippen LogP contribution in [0.3, 0.4) is 0 Å². The average molecular weight is 302 g/mol. The number of carbonyl (C=O) groups excluding carboxylic acids is 1. The van der Waals surface area contributed by atoms with Gasteiger partial charge in [0.05, 0.1) is 0 Å². The van der Waals surface area contributed by atoms with E-state index in [2.05, 4.69) is 37.8 Å². The van der Waals surface area contributed by atoms with Gasteiger partial charge in [0.25, 0.3) is 0 Å². The van der Waals surface area contributed by atoms with Crippen molar-refractivity contribution in [2.24, 2.45) is 5.73 Å². The SMILES string of the molecule is Cc1cc(C)c(C(CN)CC(=O)N2CCCCCC2)c(C)c1. The van der Waals surface area contributed by atoms with Crippen molar-refractivity contribution in [1.29, 1.82) is 0 Å². The van der Waals surface area contributed by atoms with E-state index < -0.39 is 0 Å².